The number of pyridine rings is 1. The molecule has 0 aliphatic heterocycles. The highest BCUT2D eigenvalue weighted by Gasteiger charge is 2.18. The second kappa shape index (κ2) is 8.46. The fraction of sp³-hybridized carbons (Fsp3) is 0.286. The average Bonchev–Trinajstić information content (AvgIpc) is 2.75. The van der Waals surface area contributed by atoms with E-state index in [2.05, 4.69) is 25.6 Å². The van der Waals surface area contributed by atoms with Crippen LogP contribution >= 0.6 is 0 Å². The molecule has 150 valence electrons. The second-order valence-electron chi connectivity index (χ2n) is 7.00. The smallest absolute Gasteiger partial charge is 0.225 e. The summed E-state index contributed by atoms with van der Waals surface area (Å²) >= 11 is 0. The third-order valence-electron chi connectivity index (χ3n) is 4.89. The van der Waals surface area contributed by atoms with E-state index in [1.807, 2.05) is 6.07 Å². The first-order valence-corrected chi connectivity index (χ1v) is 9.58. The molecule has 0 radical (unpaired) electrons. The van der Waals surface area contributed by atoms with Crippen LogP contribution in [0.15, 0.2) is 42.6 Å². The van der Waals surface area contributed by atoms with E-state index in [-0.39, 0.29) is 17.5 Å². The van der Waals surface area contributed by atoms with Gasteiger partial charge in [0, 0.05) is 18.3 Å². The predicted molar refractivity (Wildman–Crippen MR) is 105 cm³/mol. The van der Waals surface area contributed by atoms with Crippen LogP contribution in [0, 0.1) is 17.5 Å². The maximum Gasteiger partial charge on any atom is 0.225 e. The molecule has 1 saturated carbocycles. The summed E-state index contributed by atoms with van der Waals surface area (Å²) in [5, 5.41) is 6.06. The zero-order valence-corrected chi connectivity index (χ0v) is 15.6. The van der Waals surface area contributed by atoms with Crippen LogP contribution in [-0.4, -0.2) is 21.0 Å². The molecule has 0 spiro atoms. The molecule has 0 bridgehead atoms. The Bertz CT molecular complexity index is 991. The van der Waals surface area contributed by atoms with Gasteiger partial charge in [-0.3, -0.25) is 4.98 Å². The zero-order valence-electron chi connectivity index (χ0n) is 15.6. The van der Waals surface area contributed by atoms with E-state index in [9.17, 15) is 13.2 Å². The van der Waals surface area contributed by atoms with E-state index in [1.165, 1.54) is 6.42 Å². The minimum absolute atomic E-state index is 0.210. The molecule has 1 aromatic carbocycles. The standard InChI is InChI=1S/C21H20F3N5/c22-14-9-10-16(20(24)19(14)23)27-18-12-17(15-8-4-5-11-25-15)28-21(29-18)26-13-6-2-1-3-7-13/h4-5,8-13H,1-3,6-7H2,(H2,26,27,28,29). The summed E-state index contributed by atoms with van der Waals surface area (Å²) in [4.78, 5) is 13.2. The van der Waals surface area contributed by atoms with Crippen molar-refractivity contribution in [2.45, 2.75) is 38.1 Å². The Morgan fingerprint density at radius 1 is 0.862 bits per heavy atom. The third-order valence-corrected chi connectivity index (χ3v) is 4.89. The van der Waals surface area contributed by atoms with Crippen molar-refractivity contribution >= 4 is 17.5 Å². The Morgan fingerprint density at radius 2 is 1.69 bits per heavy atom. The van der Waals surface area contributed by atoms with E-state index in [4.69, 9.17) is 0 Å². The number of rotatable bonds is 5. The topological polar surface area (TPSA) is 62.7 Å². The summed E-state index contributed by atoms with van der Waals surface area (Å²) in [6, 6.07) is 9.27. The Morgan fingerprint density at radius 3 is 2.45 bits per heavy atom. The molecule has 8 heteroatoms. The molecular weight excluding hydrogens is 379 g/mol. The second-order valence-corrected chi connectivity index (χ2v) is 7.00. The van der Waals surface area contributed by atoms with Gasteiger partial charge in [0.05, 0.1) is 17.1 Å². The number of benzene rings is 1. The molecule has 2 N–H and O–H groups in total. The lowest BCUT2D eigenvalue weighted by Gasteiger charge is -2.23. The molecule has 2 aromatic heterocycles. The fourth-order valence-electron chi connectivity index (χ4n) is 3.41. The van der Waals surface area contributed by atoms with Crippen LogP contribution < -0.4 is 10.6 Å². The van der Waals surface area contributed by atoms with Gasteiger partial charge in [0.1, 0.15) is 5.82 Å². The van der Waals surface area contributed by atoms with Gasteiger partial charge in [0.25, 0.3) is 0 Å². The van der Waals surface area contributed by atoms with Crippen LogP contribution in [0.4, 0.5) is 30.6 Å². The van der Waals surface area contributed by atoms with Crippen molar-refractivity contribution in [1.29, 1.82) is 0 Å². The summed E-state index contributed by atoms with van der Waals surface area (Å²) in [6.45, 7) is 0. The molecule has 29 heavy (non-hydrogen) atoms. The minimum atomic E-state index is -1.53. The largest absolute Gasteiger partial charge is 0.351 e. The first-order chi connectivity index (χ1) is 14.1. The molecule has 0 unspecified atom stereocenters. The highest BCUT2D eigenvalue weighted by atomic mass is 19.2. The quantitative estimate of drug-likeness (QED) is 0.559. The zero-order chi connectivity index (χ0) is 20.2. The summed E-state index contributed by atoms with van der Waals surface area (Å²) in [7, 11) is 0. The normalized spacial score (nSPS) is 14.6. The van der Waals surface area contributed by atoms with Crippen molar-refractivity contribution in [1.82, 2.24) is 15.0 Å². The van der Waals surface area contributed by atoms with E-state index in [0.717, 1.165) is 37.8 Å². The number of nitrogens with one attached hydrogen (secondary N) is 2. The lowest BCUT2D eigenvalue weighted by molar-refractivity contribution is 0.449. The van der Waals surface area contributed by atoms with Gasteiger partial charge in [0.2, 0.25) is 5.95 Å². The van der Waals surface area contributed by atoms with Crippen molar-refractivity contribution in [3.63, 3.8) is 0 Å². The maximum atomic E-state index is 14.1. The molecule has 0 saturated heterocycles. The van der Waals surface area contributed by atoms with Gasteiger partial charge in [-0.15, -0.1) is 0 Å². The summed E-state index contributed by atoms with van der Waals surface area (Å²) in [6.07, 6.45) is 7.20. The number of halogens is 3. The predicted octanol–water partition coefficient (Wildman–Crippen LogP) is 5.44. The van der Waals surface area contributed by atoms with E-state index in [0.29, 0.717) is 17.3 Å². The van der Waals surface area contributed by atoms with Gasteiger partial charge in [-0.2, -0.15) is 4.98 Å². The summed E-state index contributed by atoms with van der Waals surface area (Å²) < 4.78 is 40.9. The van der Waals surface area contributed by atoms with Crippen molar-refractivity contribution in [2.24, 2.45) is 0 Å². The van der Waals surface area contributed by atoms with E-state index < -0.39 is 17.5 Å². The lowest BCUT2D eigenvalue weighted by atomic mass is 9.96. The van der Waals surface area contributed by atoms with Gasteiger partial charge < -0.3 is 10.6 Å². The Kier molecular flexibility index (Phi) is 5.59. The van der Waals surface area contributed by atoms with Crippen molar-refractivity contribution < 1.29 is 13.2 Å². The highest BCUT2D eigenvalue weighted by molar-refractivity contribution is 5.65. The molecule has 4 rings (SSSR count). The minimum Gasteiger partial charge on any atom is -0.351 e. The molecule has 1 aliphatic rings. The maximum absolute atomic E-state index is 14.1. The van der Waals surface area contributed by atoms with Crippen LogP contribution in [0.3, 0.4) is 0 Å². The number of nitrogens with zero attached hydrogens (tertiary/aromatic N) is 3. The molecular formula is C21H20F3N5. The third kappa shape index (κ3) is 4.47. The monoisotopic (exact) mass is 399 g/mol. The molecule has 3 aromatic rings. The Balaban J connectivity index is 1.68. The Labute approximate surface area is 166 Å². The van der Waals surface area contributed by atoms with Crippen molar-refractivity contribution in [3.8, 4) is 11.4 Å². The van der Waals surface area contributed by atoms with Crippen molar-refractivity contribution in [3.05, 3.63) is 60.0 Å². The fourth-order valence-corrected chi connectivity index (χ4v) is 3.41. The Hall–Kier alpha value is -3.16. The van der Waals surface area contributed by atoms with Crippen LogP contribution in [0.5, 0.6) is 0 Å². The molecule has 0 atom stereocenters. The van der Waals surface area contributed by atoms with Gasteiger partial charge in [-0.25, -0.2) is 18.2 Å². The number of anilines is 3. The summed E-state index contributed by atoms with van der Waals surface area (Å²) in [5.41, 5.74) is 0.943. The van der Waals surface area contributed by atoms with Crippen LogP contribution in [0.1, 0.15) is 32.1 Å². The first kappa shape index (κ1) is 19.2. The van der Waals surface area contributed by atoms with Crippen molar-refractivity contribution in [2.75, 3.05) is 10.6 Å². The molecule has 5 nitrogen and oxygen atoms in total. The SMILES string of the molecule is Fc1ccc(Nc2cc(-c3ccccn3)nc(NC3CCCCC3)n2)c(F)c1F. The number of hydrogen-bond donors (Lipinski definition) is 2. The van der Waals surface area contributed by atoms with Gasteiger partial charge >= 0.3 is 0 Å². The average molecular weight is 399 g/mol. The lowest BCUT2D eigenvalue weighted by Crippen LogP contribution is -2.23. The molecule has 2 heterocycles. The summed E-state index contributed by atoms with van der Waals surface area (Å²) in [5.74, 6) is -3.45. The highest BCUT2D eigenvalue weighted by Crippen LogP contribution is 2.27. The van der Waals surface area contributed by atoms with E-state index >= 15 is 0 Å². The van der Waals surface area contributed by atoms with Crippen LogP contribution in [-0.2, 0) is 0 Å². The van der Waals surface area contributed by atoms with Crippen LogP contribution in [0.2, 0.25) is 0 Å². The van der Waals surface area contributed by atoms with Crippen LogP contribution in [0.25, 0.3) is 11.4 Å². The number of hydrogen-bond acceptors (Lipinski definition) is 5. The first-order valence-electron chi connectivity index (χ1n) is 9.58. The molecule has 1 aliphatic carbocycles. The van der Waals surface area contributed by atoms with Gasteiger partial charge in [-0.05, 0) is 37.1 Å². The van der Waals surface area contributed by atoms with Gasteiger partial charge in [0.15, 0.2) is 17.5 Å². The van der Waals surface area contributed by atoms with E-state index in [1.54, 1.807) is 24.4 Å². The number of aromatic nitrogens is 3. The molecule has 1 fully saturated rings. The molecule has 0 amide bonds. The van der Waals surface area contributed by atoms with Gasteiger partial charge in [-0.1, -0.05) is 25.3 Å².